The van der Waals surface area contributed by atoms with Crippen molar-refractivity contribution in [3.63, 3.8) is 0 Å². The van der Waals surface area contributed by atoms with Gasteiger partial charge in [-0.1, -0.05) is 36.4 Å². The fourth-order valence-corrected chi connectivity index (χ4v) is 5.33. The zero-order valence-electron chi connectivity index (χ0n) is 27.6. The highest BCUT2D eigenvalue weighted by molar-refractivity contribution is 5.55. The molecule has 0 aromatic carbocycles. The molecule has 3 N–H and O–H groups in total. The lowest BCUT2D eigenvalue weighted by atomic mass is 10.2. The molecule has 0 bridgehead atoms. The van der Waals surface area contributed by atoms with Crippen LogP contribution < -0.4 is 16.0 Å². The smallest absolute Gasteiger partial charge is 0.0886 e. The fourth-order valence-electron chi connectivity index (χ4n) is 5.33. The van der Waals surface area contributed by atoms with Gasteiger partial charge in [-0.25, -0.2) is 0 Å². The molecule has 0 aliphatic carbocycles. The van der Waals surface area contributed by atoms with Gasteiger partial charge in [-0.2, -0.15) is 0 Å². The minimum atomic E-state index is 0.767. The number of hydrogen-bond acceptors (Lipinski definition) is 10. The molecule has 248 valence electrons. The van der Waals surface area contributed by atoms with Crippen molar-refractivity contribution in [2.45, 2.75) is 19.6 Å². The van der Waals surface area contributed by atoms with E-state index in [4.69, 9.17) is 0 Å². The van der Waals surface area contributed by atoms with Crippen molar-refractivity contribution in [2.24, 2.45) is 0 Å². The summed E-state index contributed by atoms with van der Waals surface area (Å²) >= 11 is 0. The Morgan fingerprint density at radius 2 is 0.694 bits per heavy atom. The second-order valence-electron chi connectivity index (χ2n) is 11.7. The highest BCUT2D eigenvalue weighted by Crippen LogP contribution is 2.15. The number of pyridine rings is 6. The number of nitrogens with one attached hydrogen (secondary N) is 3. The zero-order valence-corrected chi connectivity index (χ0v) is 27.6. The lowest BCUT2D eigenvalue weighted by Gasteiger charge is -2.23. The van der Waals surface area contributed by atoms with E-state index in [0.29, 0.717) is 0 Å². The largest absolute Gasteiger partial charge is 0.311 e. The molecule has 0 aliphatic rings. The van der Waals surface area contributed by atoms with E-state index in [1.807, 2.05) is 91.4 Å². The summed E-state index contributed by atoms with van der Waals surface area (Å²) in [5.74, 6) is 0. The van der Waals surface area contributed by atoms with Crippen LogP contribution in [0.2, 0.25) is 0 Å². The Kier molecular flexibility index (Phi) is 12.6. The molecule has 6 aromatic rings. The first-order valence-corrected chi connectivity index (χ1v) is 16.7. The molecule has 0 fully saturated rings. The van der Waals surface area contributed by atoms with Gasteiger partial charge >= 0.3 is 0 Å². The summed E-state index contributed by atoms with van der Waals surface area (Å²) in [4.78, 5) is 29.5. The first-order chi connectivity index (χ1) is 24.3. The monoisotopic (exact) mass is 650 g/mol. The third-order valence-electron chi connectivity index (χ3n) is 8.06. The van der Waals surface area contributed by atoms with Crippen LogP contribution in [0.25, 0.3) is 34.2 Å². The number of hydrogen-bond donors (Lipinski definition) is 3. The van der Waals surface area contributed by atoms with Crippen LogP contribution >= 0.6 is 0 Å². The summed E-state index contributed by atoms with van der Waals surface area (Å²) in [6.07, 6.45) is 11.2. The van der Waals surface area contributed by atoms with Crippen LogP contribution in [0.1, 0.15) is 16.7 Å². The van der Waals surface area contributed by atoms with Crippen molar-refractivity contribution in [2.75, 3.05) is 39.3 Å². The zero-order chi connectivity index (χ0) is 33.4. The van der Waals surface area contributed by atoms with Gasteiger partial charge < -0.3 is 16.0 Å². The molecule has 0 radical (unpaired) electrons. The molecule has 0 unspecified atom stereocenters. The Morgan fingerprint density at radius 3 is 0.959 bits per heavy atom. The molecule has 10 nitrogen and oxygen atoms in total. The normalized spacial score (nSPS) is 11.2. The fraction of sp³-hybridized carbons (Fsp3) is 0.231. The van der Waals surface area contributed by atoms with Gasteiger partial charge in [-0.15, -0.1) is 0 Å². The molecular formula is C39H42N10. The Balaban J connectivity index is 0.956. The van der Waals surface area contributed by atoms with Gasteiger partial charge in [0.2, 0.25) is 0 Å². The van der Waals surface area contributed by atoms with Crippen LogP contribution in [0, 0.1) is 0 Å². The molecule has 0 amide bonds. The molecule has 49 heavy (non-hydrogen) atoms. The molecular weight excluding hydrogens is 608 g/mol. The third kappa shape index (κ3) is 10.6. The van der Waals surface area contributed by atoms with Crippen molar-refractivity contribution in [1.29, 1.82) is 0 Å². The van der Waals surface area contributed by atoms with Crippen LogP contribution in [-0.4, -0.2) is 74.1 Å². The van der Waals surface area contributed by atoms with Crippen LogP contribution in [0.4, 0.5) is 0 Å². The maximum atomic E-state index is 4.61. The predicted molar refractivity (Wildman–Crippen MR) is 194 cm³/mol. The molecule has 0 saturated carbocycles. The summed E-state index contributed by atoms with van der Waals surface area (Å²) in [6, 6.07) is 30.1. The minimum absolute atomic E-state index is 0.767. The lowest BCUT2D eigenvalue weighted by molar-refractivity contribution is 0.271. The molecule has 6 aromatic heterocycles. The van der Waals surface area contributed by atoms with Crippen LogP contribution in [0.15, 0.2) is 128 Å². The number of rotatable bonds is 18. The van der Waals surface area contributed by atoms with Crippen molar-refractivity contribution >= 4 is 0 Å². The van der Waals surface area contributed by atoms with Gasteiger partial charge in [-0.05, 0) is 71.3 Å². The van der Waals surface area contributed by atoms with Crippen LogP contribution in [0.5, 0.6) is 0 Å². The summed E-state index contributed by atoms with van der Waals surface area (Å²) in [5, 5.41) is 10.8. The van der Waals surface area contributed by atoms with Crippen molar-refractivity contribution in [3.8, 4) is 34.2 Å². The van der Waals surface area contributed by atoms with E-state index in [0.717, 1.165) is 110 Å². The maximum absolute atomic E-state index is 4.61. The van der Waals surface area contributed by atoms with Gasteiger partial charge in [0, 0.05) is 96.1 Å². The molecule has 6 rings (SSSR count). The van der Waals surface area contributed by atoms with Crippen LogP contribution in [-0.2, 0) is 19.6 Å². The highest BCUT2D eigenvalue weighted by Gasteiger charge is 2.07. The van der Waals surface area contributed by atoms with E-state index in [9.17, 15) is 0 Å². The van der Waals surface area contributed by atoms with E-state index < -0.39 is 0 Å². The SMILES string of the molecule is c1ccc(-c2ccc(CNCCN(CCNCc3ccc(-c4ccccn4)nc3)CCNCc3ccc(-c4ccccn4)nc3)cn2)nc1. The van der Waals surface area contributed by atoms with Gasteiger partial charge in [0.1, 0.15) is 0 Å². The Bertz CT molecular complexity index is 1570. The molecule has 10 heteroatoms. The van der Waals surface area contributed by atoms with Gasteiger partial charge in [0.25, 0.3) is 0 Å². The van der Waals surface area contributed by atoms with E-state index in [1.165, 1.54) is 0 Å². The standard InChI is InChI=1S/C39H42N10/c1-4-16-43-34(7-1)37-13-10-31(28-46-37)25-40-19-22-49(23-20-41-26-32-11-14-38(47-29-32)35-8-2-5-17-44-35)24-21-42-27-33-12-15-39(48-30-33)36-9-3-6-18-45-36/h1-18,28-30,40-42H,19-27H2. The quantitative estimate of drug-likeness (QED) is 0.109. The average Bonchev–Trinajstić information content (AvgIpc) is 3.18. The third-order valence-corrected chi connectivity index (χ3v) is 8.06. The molecule has 0 atom stereocenters. The first kappa shape index (κ1) is 33.6. The predicted octanol–water partition coefficient (Wildman–Crippen LogP) is 5.03. The topological polar surface area (TPSA) is 117 Å². The second kappa shape index (κ2) is 18.3. The lowest BCUT2D eigenvalue weighted by Crippen LogP contribution is -2.40. The molecule has 0 saturated heterocycles. The van der Waals surface area contributed by atoms with E-state index in [1.54, 1.807) is 18.6 Å². The summed E-state index contributed by atoms with van der Waals surface area (Å²) in [5.41, 5.74) is 8.77. The minimum Gasteiger partial charge on any atom is -0.311 e. The summed E-state index contributed by atoms with van der Waals surface area (Å²) < 4.78 is 0. The van der Waals surface area contributed by atoms with E-state index in [-0.39, 0.29) is 0 Å². The van der Waals surface area contributed by atoms with E-state index >= 15 is 0 Å². The van der Waals surface area contributed by atoms with Gasteiger partial charge in [0.05, 0.1) is 34.2 Å². The number of nitrogens with zero attached hydrogens (tertiary/aromatic N) is 7. The Labute approximate surface area is 288 Å². The van der Waals surface area contributed by atoms with Crippen molar-refractivity contribution in [1.82, 2.24) is 50.8 Å². The van der Waals surface area contributed by atoms with Crippen molar-refractivity contribution in [3.05, 3.63) is 145 Å². The second-order valence-corrected chi connectivity index (χ2v) is 11.7. The maximum Gasteiger partial charge on any atom is 0.0886 e. The highest BCUT2D eigenvalue weighted by atomic mass is 15.2. The first-order valence-electron chi connectivity index (χ1n) is 16.7. The Morgan fingerprint density at radius 1 is 0.367 bits per heavy atom. The Hall–Kier alpha value is -5.26. The summed E-state index contributed by atoms with van der Waals surface area (Å²) in [6.45, 7) is 7.73. The molecule has 6 heterocycles. The van der Waals surface area contributed by atoms with Crippen LogP contribution in [0.3, 0.4) is 0 Å². The van der Waals surface area contributed by atoms with E-state index in [2.05, 4.69) is 69.0 Å². The van der Waals surface area contributed by atoms with Crippen molar-refractivity contribution < 1.29 is 0 Å². The van der Waals surface area contributed by atoms with Gasteiger partial charge in [0.15, 0.2) is 0 Å². The molecule has 0 aliphatic heterocycles. The average molecular weight is 651 g/mol. The number of aromatic nitrogens is 6. The van der Waals surface area contributed by atoms with Gasteiger partial charge in [-0.3, -0.25) is 34.8 Å². The molecule has 0 spiro atoms. The summed E-state index contributed by atoms with van der Waals surface area (Å²) in [7, 11) is 0.